The number of nitrogens with zero attached hydrogens (tertiary/aromatic N) is 3. The molecule has 0 bridgehead atoms. The molecule has 27 heavy (non-hydrogen) atoms. The highest BCUT2D eigenvalue weighted by Crippen LogP contribution is 2.26. The number of sulfone groups is 1. The van der Waals surface area contributed by atoms with Crippen LogP contribution in [-0.4, -0.2) is 47.9 Å². The molecule has 0 saturated carbocycles. The Bertz CT molecular complexity index is 988. The van der Waals surface area contributed by atoms with E-state index in [9.17, 15) is 8.42 Å². The molecular formula is C19H20N4O2S2. The van der Waals surface area contributed by atoms with Crippen LogP contribution in [0.5, 0.6) is 0 Å². The van der Waals surface area contributed by atoms with E-state index in [0.717, 1.165) is 28.6 Å². The molecule has 0 spiro atoms. The number of rotatable bonds is 5. The van der Waals surface area contributed by atoms with Crippen molar-refractivity contribution in [1.29, 1.82) is 0 Å². The molecule has 140 valence electrons. The Balaban J connectivity index is 1.36. The van der Waals surface area contributed by atoms with Gasteiger partial charge in [-0.15, -0.1) is 11.3 Å². The van der Waals surface area contributed by atoms with Gasteiger partial charge in [-0.05, 0) is 29.8 Å². The van der Waals surface area contributed by atoms with Crippen molar-refractivity contribution < 1.29 is 8.42 Å². The van der Waals surface area contributed by atoms with Crippen LogP contribution in [0.3, 0.4) is 0 Å². The van der Waals surface area contributed by atoms with Crippen LogP contribution in [-0.2, 0) is 16.4 Å². The van der Waals surface area contributed by atoms with Gasteiger partial charge >= 0.3 is 0 Å². The van der Waals surface area contributed by atoms with E-state index in [1.807, 2.05) is 29.6 Å². The fraction of sp³-hybridized carbons (Fsp3) is 0.263. The Kier molecular flexibility index (Phi) is 5.20. The lowest BCUT2D eigenvalue weighted by molar-refractivity contribution is 0.287. The predicted molar refractivity (Wildman–Crippen MR) is 109 cm³/mol. The maximum atomic E-state index is 11.5. The van der Waals surface area contributed by atoms with Gasteiger partial charge < -0.3 is 5.32 Å². The molecule has 4 rings (SSSR count). The SMILES string of the molecule is O=S1(=O)CCN(Cc2ccc(Nc3nc(-c4cccnc4)cs3)cc2)CC1. The Morgan fingerprint density at radius 3 is 2.59 bits per heavy atom. The maximum Gasteiger partial charge on any atom is 0.187 e. The van der Waals surface area contributed by atoms with Crippen molar-refractivity contribution in [3.63, 3.8) is 0 Å². The second kappa shape index (κ2) is 7.75. The van der Waals surface area contributed by atoms with E-state index in [4.69, 9.17) is 0 Å². The summed E-state index contributed by atoms with van der Waals surface area (Å²) < 4.78 is 23.0. The first-order chi connectivity index (χ1) is 13.1. The number of nitrogens with one attached hydrogen (secondary N) is 1. The zero-order chi connectivity index (χ0) is 18.7. The second-order valence-corrected chi connectivity index (χ2v) is 9.69. The summed E-state index contributed by atoms with van der Waals surface area (Å²) in [4.78, 5) is 10.9. The molecule has 1 aliphatic rings. The summed E-state index contributed by atoms with van der Waals surface area (Å²) in [6.07, 6.45) is 3.55. The summed E-state index contributed by atoms with van der Waals surface area (Å²) in [6, 6.07) is 12.1. The Labute approximate surface area is 162 Å². The van der Waals surface area contributed by atoms with Crippen molar-refractivity contribution in [2.24, 2.45) is 0 Å². The number of hydrogen-bond donors (Lipinski definition) is 1. The topological polar surface area (TPSA) is 75.2 Å². The first-order valence-electron chi connectivity index (χ1n) is 8.72. The molecule has 6 nitrogen and oxygen atoms in total. The molecule has 1 fully saturated rings. The fourth-order valence-corrected chi connectivity index (χ4v) is 4.98. The normalized spacial score (nSPS) is 16.9. The minimum atomic E-state index is -2.83. The highest BCUT2D eigenvalue weighted by Gasteiger charge is 2.21. The molecule has 1 N–H and O–H groups in total. The quantitative estimate of drug-likeness (QED) is 0.709. The summed E-state index contributed by atoms with van der Waals surface area (Å²) in [5.41, 5.74) is 4.06. The van der Waals surface area contributed by atoms with Gasteiger partial charge in [0.2, 0.25) is 0 Å². The van der Waals surface area contributed by atoms with Crippen LogP contribution in [0.1, 0.15) is 5.56 Å². The highest BCUT2D eigenvalue weighted by molar-refractivity contribution is 7.91. The van der Waals surface area contributed by atoms with E-state index in [1.165, 1.54) is 5.56 Å². The number of hydrogen-bond acceptors (Lipinski definition) is 7. The van der Waals surface area contributed by atoms with Crippen LogP contribution in [0.2, 0.25) is 0 Å². The summed E-state index contributed by atoms with van der Waals surface area (Å²) in [5.74, 6) is 0.520. The van der Waals surface area contributed by atoms with Crippen molar-refractivity contribution in [1.82, 2.24) is 14.9 Å². The largest absolute Gasteiger partial charge is 0.332 e. The monoisotopic (exact) mass is 400 g/mol. The minimum Gasteiger partial charge on any atom is -0.332 e. The van der Waals surface area contributed by atoms with Crippen molar-refractivity contribution in [3.05, 3.63) is 59.7 Å². The molecule has 1 saturated heterocycles. The van der Waals surface area contributed by atoms with E-state index >= 15 is 0 Å². The number of thiazole rings is 1. The maximum absolute atomic E-state index is 11.5. The van der Waals surface area contributed by atoms with Gasteiger partial charge in [-0.3, -0.25) is 9.88 Å². The number of anilines is 2. The predicted octanol–water partition coefficient (Wildman–Crippen LogP) is 3.18. The molecule has 2 aromatic heterocycles. The van der Waals surface area contributed by atoms with Gasteiger partial charge in [-0.25, -0.2) is 13.4 Å². The number of benzene rings is 1. The fourth-order valence-electron chi connectivity index (χ4n) is 2.96. The summed E-state index contributed by atoms with van der Waals surface area (Å²) >= 11 is 1.56. The first-order valence-corrected chi connectivity index (χ1v) is 11.4. The standard InChI is InChI=1S/C19H20N4O2S2/c24-27(25)10-8-23(9-11-27)13-15-3-5-17(6-4-15)21-19-22-18(14-26-19)16-2-1-7-20-12-16/h1-7,12,14H,8-11,13H2,(H,21,22). The molecule has 0 unspecified atom stereocenters. The number of aromatic nitrogens is 2. The smallest absolute Gasteiger partial charge is 0.187 e. The Morgan fingerprint density at radius 1 is 1.11 bits per heavy atom. The van der Waals surface area contributed by atoms with E-state index in [0.29, 0.717) is 13.1 Å². The van der Waals surface area contributed by atoms with Gasteiger partial charge in [-0.1, -0.05) is 12.1 Å². The van der Waals surface area contributed by atoms with Gasteiger partial charge in [-0.2, -0.15) is 0 Å². The molecule has 3 heterocycles. The van der Waals surface area contributed by atoms with Crippen molar-refractivity contribution in [3.8, 4) is 11.3 Å². The zero-order valence-corrected chi connectivity index (χ0v) is 16.3. The van der Waals surface area contributed by atoms with Crippen LogP contribution in [0.4, 0.5) is 10.8 Å². The van der Waals surface area contributed by atoms with Gasteiger partial charge in [0.25, 0.3) is 0 Å². The lowest BCUT2D eigenvalue weighted by Crippen LogP contribution is -2.39. The third-order valence-electron chi connectivity index (χ3n) is 4.51. The third-order valence-corrected chi connectivity index (χ3v) is 6.88. The average Bonchev–Trinajstić information content (AvgIpc) is 3.14. The van der Waals surface area contributed by atoms with Gasteiger partial charge in [0.15, 0.2) is 15.0 Å². The molecule has 1 aromatic carbocycles. The highest BCUT2D eigenvalue weighted by atomic mass is 32.2. The van der Waals surface area contributed by atoms with E-state index < -0.39 is 9.84 Å². The number of pyridine rings is 1. The van der Waals surface area contributed by atoms with Gasteiger partial charge in [0.1, 0.15) is 0 Å². The van der Waals surface area contributed by atoms with Crippen LogP contribution >= 0.6 is 11.3 Å². The molecule has 1 aliphatic heterocycles. The van der Waals surface area contributed by atoms with E-state index in [2.05, 4.69) is 32.3 Å². The van der Waals surface area contributed by atoms with E-state index in [-0.39, 0.29) is 11.5 Å². The molecule has 0 amide bonds. The summed E-state index contributed by atoms with van der Waals surface area (Å²) in [5, 5.41) is 6.18. The lowest BCUT2D eigenvalue weighted by Gasteiger charge is -2.26. The van der Waals surface area contributed by atoms with Crippen LogP contribution in [0.25, 0.3) is 11.3 Å². The lowest BCUT2D eigenvalue weighted by atomic mass is 10.2. The summed E-state index contributed by atoms with van der Waals surface area (Å²) in [6.45, 7) is 2.00. The van der Waals surface area contributed by atoms with Crippen molar-refractivity contribution in [2.45, 2.75) is 6.54 Å². The summed E-state index contributed by atoms with van der Waals surface area (Å²) in [7, 11) is -2.83. The van der Waals surface area contributed by atoms with Crippen LogP contribution in [0, 0.1) is 0 Å². The first kappa shape index (κ1) is 18.1. The van der Waals surface area contributed by atoms with E-state index in [1.54, 1.807) is 23.7 Å². The molecule has 3 aromatic rings. The molecular weight excluding hydrogens is 380 g/mol. The van der Waals surface area contributed by atoms with Crippen molar-refractivity contribution >= 4 is 32.0 Å². The second-order valence-electron chi connectivity index (χ2n) is 6.53. The molecule has 0 radical (unpaired) electrons. The van der Waals surface area contributed by atoms with Crippen LogP contribution in [0.15, 0.2) is 54.2 Å². The molecule has 8 heteroatoms. The van der Waals surface area contributed by atoms with Crippen molar-refractivity contribution in [2.75, 3.05) is 29.9 Å². The van der Waals surface area contributed by atoms with Gasteiger partial charge in [0.05, 0.1) is 17.2 Å². The van der Waals surface area contributed by atoms with Crippen LogP contribution < -0.4 is 5.32 Å². The molecule has 0 aliphatic carbocycles. The Morgan fingerprint density at radius 2 is 1.89 bits per heavy atom. The minimum absolute atomic E-state index is 0.260. The molecule has 0 atom stereocenters. The third kappa shape index (κ3) is 4.71. The Hall–Kier alpha value is -2.29. The average molecular weight is 401 g/mol. The van der Waals surface area contributed by atoms with Gasteiger partial charge in [0, 0.05) is 48.7 Å². The zero-order valence-electron chi connectivity index (χ0n) is 14.7.